The van der Waals surface area contributed by atoms with Gasteiger partial charge in [0.2, 0.25) is 0 Å². The van der Waals surface area contributed by atoms with E-state index in [1.165, 1.54) is 0 Å². The quantitative estimate of drug-likeness (QED) is 0.276. The summed E-state index contributed by atoms with van der Waals surface area (Å²) in [5, 5.41) is 18.2. The number of aliphatic hydroxyl groups excluding tert-OH is 1. The molecular weight excluding hydrogens is 140 g/mol. The van der Waals surface area contributed by atoms with Crippen LogP contribution in [0.5, 0.6) is 0 Å². The van der Waals surface area contributed by atoms with Crippen molar-refractivity contribution in [2.75, 3.05) is 0 Å². The van der Waals surface area contributed by atoms with Gasteiger partial charge >= 0.3 is 6.09 Å². The molecule has 0 heterocycles. The molecule has 0 fully saturated rings. The van der Waals surface area contributed by atoms with Crippen LogP contribution in [0.15, 0.2) is 0 Å². The van der Waals surface area contributed by atoms with E-state index in [0.717, 1.165) is 0 Å². The first-order chi connectivity index (χ1) is 4.57. The van der Waals surface area contributed by atoms with Crippen molar-refractivity contribution < 1.29 is 19.8 Å². The number of carboxylic acid groups (broad SMARTS) is 1. The summed E-state index contributed by atoms with van der Waals surface area (Å²) in [6, 6.07) is -1.25. The van der Waals surface area contributed by atoms with E-state index >= 15 is 0 Å². The molecule has 0 spiro atoms. The maximum Gasteiger partial charge on any atom is 0.405 e. The lowest BCUT2D eigenvalue weighted by molar-refractivity contribution is -0.111. The highest BCUT2D eigenvalue weighted by molar-refractivity contribution is 5.71. The number of aliphatic hydroxyl groups is 1. The number of carbonyl (C=O) groups excluding carboxylic acids is 1. The van der Waals surface area contributed by atoms with Crippen molar-refractivity contribution in [3.05, 3.63) is 0 Å². The molecule has 10 heavy (non-hydrogen) atoms. The number of hydrogen-bond donors (Lipinski definition) is 4. The number of carbonyl (C=O) groups is 2. The highest BCUT2D eigenvalue weighted by Crippen LogP contribution is 1.80. The van der Waals surface area contributed by atoms with Gasteiger partial charge in [0.1, 0.15) is 18.6 Å². The Balaban J connectivity index is 3.83. The lowest BCUT2D eigenvalue weighted by Crippen LogP contribution is -2.48. The van der Waals surface area contributed by atoms with E-state index in [2.05, 4.69) is 0 Å². The molecule has 0 aromatic carbocycles. The molecule has 0 saturated heterocycles. The molecule has 0 aromatic rings. The normalized spacial score (nSPS) is 15.4. The fraction of sp³-hybridized carbons (Fsp3) is 0.500. The molecule has 2 unspecified atom stereocenters. The Bertz CT molecular complexity index is 135. The highest BCUT2D eigenvalue weighted by atomic mass is 16.4. The van der Waals surface area contributed by atoms with Crippen LogP contribution in [0.25, 0.3) is 0 Å². The van der Waals surface area contributed by atoms with E-state index in [1.807, 2.05) is 0 Å². The number of rotatable bonds is 3. The van der Waals surface area contributed by atoms with Gasteiger partial charge in [-0.15, -0.1) is 0 Å². The highest BCUT2D eigenvalue weighted by Gasteiger charge is 2.15. The number of amides is 1. The molecule has 2 atom stereocenters. The molecule has 0 bridgehead atoms. The van der Waals surface area contributed by atoms with Crippen molar-refractivity contribution in [1.29, 1.82) is 0 Å². The Morgan fingerprint density at radius 3 is 2.30 bits per heavy atom. The van der Waals surface area contributed by atoms with Gasteiger partial charge in [0.25, 0.3) is 0 Å². The monoisotopic (exact) mass is 148 g/mol. The summed E-state index contributed by atoms with van der Waals surface area (Å²) in [6.45, 7) is 0. The smallest absolute Gasteiger partial charge is 0.405 e. The summed E-state index contributed by atoms with van der Waals surface area (Å²) >= 11 is 0. The minimum Gasteiger partial charge on any atom is -0.465 e. The van der Waals surface area contributed by atoms with Crippen LogP contribution in [0.3, 0.4) is 0 Å². The lowest BCUT2D eigenvalue weighted by Gasteiger charge is -2.11. The number of hydrogen-bond acceptors (Lipinski definition) is 4. The Labute approximate surface area is 56.6 Å². The second-order valence-electron chi connectivity index (χ2n) is 1.60. The maximum absolute atomic E-state index is 9.92. The van der Waals surface area contributed by atoms with E-state index in [4.69, 9.17) is 15.9 Å². The molecule has 1 amide bonds. The molecule has 0 saturated carbocycles. The number of nitrogens with two attached hydrogens (primary N) is 1. The minimum absolute atomic E-state index is 0.221. The van der Waals surface area contributed by atoms with E-state index in [0.29, 0.717) is 0 Å². The molecule has 0 rings (SSSR count). The summed E-state index contributed by atoms with van der Waals surface area (Å²) in [7, 11) is 0. The van der Waals surface area contributed by atoms with Crippen LogP contribution in [-0.2, 0) is 4.79 Å². The van der Waals surface area contributed by atoms with Crippen molar-refractivity contribution in [3.8, 4) is 0 Å². The first kappa shape index (κ1) is 8.86. The molecule has 0 aliphatic carbocycles. The van der Waals surface area contributed by atoms with Crippen molar-refractivity contribution >= 4 is 12.4 Å². The Morgan fingerprint density at radius 1 is 1.70 bits per heavy atom. The molecule has 0 aliphatic rings. The van der Waals surface area contributed by atoms with Crippen molar-refractivity contribution in [2.24, 2.45) is 5.73 Å². The van der Waals surface area contributed by atoms with Gasteiger partial charge in [-0.2, -0.15) is 0 Å². The fourth-order valence-electron chi connectivity index (χ4n) is 0.342. The van der Waals surface area contributed by atoms with E-state index in [-0.39, 0.29) is 6.29 Å². The van der Waals surface area contributed by atoms with Gasteiger partial charge in [-0.3, -0.25) is 0 Å². The van der Waals surface area contributed by atoms with Gasteiger partial charge in [-0.25, -0.2) is 4.79 Å². The van der Waals surface area contributed by atoms with Gasteiger partial charge in [0.05, 0.1) is 0 Å². The van der Waals surface area contributed by atoms with Crippen LogP contribution in [0.4, 0.5) is 4.79 Å². The topological polar surface area (TPSA) is 113 Å². The molecule has 0 radical (unpaired) electrons. The van der Waals surface area contributed by atoms with Crippen molar-refractivity contribution in [2.45, 2.75) is 12.3 Å². The molecule has 58 valence electrons. The van der Waals surface area contributed by atoms with Crippen LogP contribution in [-0.4, -0.2) is 34.9 Å². The van der Waals surface area contributed by atoms with Gasteiger partial charge in [0.15, 0.2) is 0 Å². The predicted octanol–water partition coefficient (Wildman–Crippen LogP) is -1.90. The average Bonchev–Trinajstić information content (AvgIpc) is 1.81. The summed E-state index contributed by atoms with van der Waals surface area (Å²) in [5.74, 6) is 0. The second-order valence-corrected chi connectivity index (χ2v) is 1.60. The van der Waals surface area contributed by atoms with Crippen LogP contribution in [0, 0.1) is 0 Å². The Morgan fingerprint density at radius 2 is 2.20 bits per heavy atom. The zero-order valence-corrected chi connectivity index (χ0v) is 5.02. The predicted molar refractivity (Wildman–Crippen MR) is 31.2 cm³/mol. The third-order valence-electron chi connectivity index (χ3n) is 0.805. The molecule has 0 aliphatic heterocycles. The standard InChI is InChI=1S/C4H8N2O4/c5-3(8)2(1-7)6-4(9)10/h1-3,6,8H,5H2,(H,9,10). The Kier molecular flexibility index (Phi) is 3.37. The lowest BCUT2D eigenvalue weighted by atomic mass is 10.3. The van der Waals surface area contributed by atoms with Crippen molar-refractivity contribution in [1.82, 2.24) is 5.32 Å². The zero-order chi connectivity index (χ0) is 8.15. The molecule has 0 aromatic heterocycles. The number of aldehydes is 1. The maximum atomic E-state index is 9.92. The minimum atomic E-state index is -1.49. The van der Waals surface area contributed by atoms with Gasteiger partial charge < -0.3 is 26.1 Å². The molecule has 6 heteroatoms. The van der Waals surface area contributed by atoms with Crippen LogP contribution in [0.2, 0.25) is 0 Å². The third kappa shape index (κ3) is 3.00. The van der Waals surface area contributed by atoms with E-state index < -0.39 is 18.4 Å². The van der Waals surface area contributed by atoms with Crippen LogP contribution < -0.4 is 11.1 Å². The van der Waals surface area contributed by atoms with Crippen LogP contribution in [0.1, 0.15) is 0 Å². The summed E-state index contributed by atoms with van der Waals surface area (Å²) in [4.78, 5) is 19.8. The first-order valence-corrected chi connectivity index (χ1v) is 2.46. The molecule has 6 nitrogen and oxygen atoms in total. The summed E-state index contributed by atoms with van der Waals surface area (Å²) in [5.41, 5.74) is 4.79. The van der Waals surface area contributed by atoms with Gasteiger partial charge in [-0.1, -0.05) is 0 Å². The summed E-state index contributed by atoms with van der Waals surface area (Å²) < 4.78 is 0. The first-order valence-electron chi connectivity index (χ1n) is 2.46. The largest absolute Gasteiger partial charge is 0.465 e. The van der Waals surface area contributed by atoms with E-state index in [1.54, 1.807) is 5.32 Å². The van der Waals surface area contributed by atoms with E-state index in [9.17, 15) is 9.59 Å². The molecular formula is C4H8N2O4. The van der Waals surface area contributed by atoms with Crippen molar-refractivity contribution in [3.63, 3.8) is 0 Å². The zero-order valence-electron chi connectivity index (χ0n) is 5.02. The van der Waals surface area contributed by atoms with Crippen LogP contribution >= 0.6 is 0 Å². The Hall–Kier alpha value is -1.14. The van der Waals surface area contributed by atoms with Gasteiger partial charge in [0, 0.05) is 0 Å². The van der Waals surface area contributed by atoms with Gasteiger partial charge in [-0.05, 0) is 0 Å². The average molecular weight is 148 g/mol. The second kappa shape index (κ2) is 3.80. The molecule has 5 N–H and O–H groups in total. The fourth-order valence-corrected chi connectivity index (χ4v) is 0.342. The summed E-state index contributed by atoms with van der Waals surface area (Å²) in [6.07, 6.45) is -2.67. The number of nitrogens with one attached hydrogen (secondary N) is 1. The third-order valence-corrected chi connectivity index (χ3v) is 0.805. The SMILES string of the molecule is NC(O)C(C=O)NC(=O)O.